The third-order valence-corrected chi connectivity index (χ3v) is 2.89. The number of halogens is 3. The summed E-state index contributed by atoms with van der Waals surface area (Å²) in [5.41, 5.74) is 0.897. The fraction of sp³-hybridized carbons (Fsp3) is 0.417. The Labute approximate surface area is 104 Å². The van der Waals surface area contributed by atoms with Crippen molar-refractivity contribution in [3.8, 4) is 5.75 Å². The standard InChI is InChI=1S/C12H13ClF2O2/c1-3-8-5-4-6-9(10(13)7(2)16)11(8)17-12(14)15/h4-6,10,12H,3H2,1-2H3. The number of carbonyl (C=O) groups is 1. The zero-order valence-electron chi connectivity index (χ0n) is 9.54. The molecule has 1 unspecified atom stereocenters. The average Bonchev–Trinajstić information content (AvgIpc) is 2.27. The third kappa shape index (κ3) is 3.40. The van der Waals surface area contributed by atoms with Gasteiger partial charge in [-0.05, 0) is 18.9 Å². The molecule has 0 saturated heterocycles. The van der Waals surface area contributed by atoms with Crippen molar-refractivity contribution in [1.82, 2.24) is 0 Å². The zero-order chi connectivity index (χ0) is 13.0. The molecular formula is C12H13ClF2O2. The highest BCUT2D eigenvalue weighted by Crippen LogP contribution is 2.34. The molecular weight excluding hydrogens is 250 g/mol. The minimum Gasteiger partial charge on any atom is -0.434 e. The molecule has 0 amide bonds. The Bertz CT molecular complexity index is 407. The summed E-state index contributed by atoms with van der Waals surface area (Å²) in [5.74, 6) is -0.292. The second-order valence-corrected chi connectivity index (χ2v) is 3.98. The molecule has 0 aliphatic carbocycles. The van der Waals surface area contributed by atoms with Crippen LogP contribution in [0.1, 0.15) is 30.4 Å². The number of ketones is 1. The van der Waals surface area contributed by atoms with Crippen molar-refractivity contribution in [2.75, 3.05) is 0 Å². The Balaban J connectivity index is 3.23. The van der Waals surface area contributed by atoms with Gasteiger partial charge in [0.2, 0.25) is 0 Å². The van der Waals surface area contributed by atoms with Crippen LogP contribution in [-0.4, -0.2) is 12.4 Å². The van der Waals surface area contributed by atoms with E-state index in [9.17, 15) is 13.6 Å². The van der Waals surface area contributed by atoms with E-state index in [1.807, 2.05) is 6.92 Å². The highest BCUT2D eigenvalue weighted by molar-refractivity contribution is 6.31. The molecule has 0 aliphatic heterocycles. The van der Waals surface area contributed by atoms with E-state index in [2.05, 4.69) is 4.74 Å². The van der Waals surface area contributed by atoms with Crippen LogP contribution in [0.5, 0.6) is 5.75 Å². The van der Waals surface area contributed by atoms with Crippen molar-refractivity contribution in [3.05, 3.63) is 29.3 Å². The Hall–Kier alpha value is -1.16. The lowest BCUT2D eigenvalue weighted by molar-refractivity contribution is -0.116. The number of benzene rings is 1. The summed E-state index contributed by atoms with van der Waals surface area (Å²) in [6, 6.07) is 4.87. The van der Waals surface area contributed by atoms with Crippen LogP contribution < -0.4 is 4.74 Å². The lowest BCUT2D eigenvalue weighted by Crippen LogP contribution is -2.10. The largest absolute Gasteiger partial charge is 0.434 e. The second-order valence-electron chi connectivity index (χ2n) is 3.54. The molecule has 17 heavy (non-hydrogen) atoms. The molecule has 0 aromatic heterocycles. The number of aryl methyl sites for hydroxylation is 1. The van der Waals surface area contributed by atoms with Gasteiger partial charge in [0.05, 0.1) is 0 Å². The predicted octanol–water partition coefficient (Wildman–Crippen LogP) is 3.72. The van der Waals surface area contributed by atoms with Crippen LogP contribution in [0.15, 0.2) is 18.2 Å². The van der Waals surface area contributed by atoms with Gasteiger partial charge in [0.25, 0.3) is 0 Å². The lowest BCUT2D eigenvalue weighted by Gasteiger charge is -2.16. The van der Waals surface area contributed by atoms with Gasteiger partial charge in [0, 0.05) is 5.56 Å². The number of hydrogen-bond donors (Lipinski definition) is 0. The summed E-state index contributed by atoms with van der Waals surface area (Å²) in [5, 5.41) is -0.963. The van der Waals surface area contributed by atoms with E-state index in [0.29, 0.717) is 17.5 Å². The fourth-order valence-electron chi connectivity index (χ4n) is 1.53. The van der Waals surface area contributed by atoms with Crippen molar-refractivity contribution in [2.24, 2.45) is 0 Å². The molecule has 5 heteroatoms. The van der Waals surface area contributed by atoms with Crippen LogP contribution in [0.4, 0.5) is 8.78 Å². The summed E-state index contributed by atoms with van der Waals surface area (Å²) in [6.07, 6.45) is 0.525. The zero-order valence-corrected chi connectivity index (χ0v) is 10.3. The van der Waals surface area contributed by atoms with Crippen molar-refractivity contribution < 1.29 is 18.3 Å². The number of alkyl halides is 3. The average molecular weight is 263 g/mol. The van der Waals surface area contributed by atoms with E-state index >= 15 is 0 Å². The first-order valence-electron chi connectivity index (χ1n) is 5.18. The highest BCUT2D eigenvalue weighted by Gasteiger charge is 2.21. The molecule has 0 bridgehead atoms. The summed E-state index contributed by atoms with van der Waals surface area (Å²) >= 11 is 5.88. The topological polar surface area (TPSA) is 26.3 Å². The normalized spacial score (nSPS) is 12.6. The summed E-state index contributed by atoms with van der Waals surface area (Å²) in [6.45, 7) is 0.189. The first-order chi connectivity index (χ1) is 7.97. The number of para-hydroxylation sites is 1. The smallest absolute Gasteiger partial charge is 0.387 e. The van der Waals surface area contributed by atoms with Crippen molar-refractivity contribution in [3.63, 3.8) is 0 Å². The van der Waals surface area contributed by atoms with Gasteiger partial charge in [-0.2, -0.15) is 8.78 Å². The predicted molar refractivity (Wildman–Crippen MR) is 61.7 cm³/mol. The Morgan fingerprint density at radius 2 is 2.12 bits per heavy atom. The number of ether oxygens (including phenoxy) is 1. The quantitative estimate of drug-likeness (QED) is 0.756. The maximum atomic E-state index is 12.3. The van der Waals surface area contributed by atoms with E-state index in [-0.39, 0.29) is 11.5 Å². The van der Waals surface area contributed by atoms with Crippen molar-refractivity contribution in [2.45, 2.75) is 32.3 Å². The Morgan fingerprint density at radius 3 is 2.59 bits per heavy atom. The monoisotopic (exact) mass is 262 g/mol. The van der Waals surface area contributed by atoms with Gasteiger partial charge < -0.3 is 4.74 Å². The maximum Gasteiger partial charge on any atom is 0.387 e. The van der Waals surface area contributed by atoms with Gasteiger partial charge in [-0.3, -0.25) is 4.79 Å². The SMILES string of the molecule is CCc1cccc(C(Cl)C(C)=O)c1OC(F)F. The number of Topliss-reactive ketones (excluding diaryl/α,β-unsaturated/α-hetero) is 1. The van der Waals surface area contributed by atoms with E-state index in [1.165, 1.54) is 13.0 Å². The maximum absolute atomic E-state index is 12.3. The molecule has 0 aliphatic rings. The fourth-order valence-corrected chi connectivity index (χ4v) is 1.71. The highest BCUT2D eigenvalue weighted by atomic mass is 35.5. The molecule has 0 saturated carbocycles. The molecule has 0 spiro atoms. The van der Waals surface area contributed by atoms with Crippen molar-refractivity contribution in [1.29, 1.82) is 0 Å². The first kappa shape index (κ1) is 13.9. The minimum absolute atomic E-state index is 0.0141. The molecule has 0 fully saturated rings. The van der Waals surface area contributed by atoms with Crippen LogP contribution in [-0.2, 0) is 11.2 Å². The van der Waals surface area contributed by atoms with Crippen LogP contribution in [0.25, 0.3) is 0 Å². The molecule has 1 rings (SSSR count). The summed E-state index contributed by atoms with van der Waals surface area (Å²) < 4.78 is 29.1. The number of rotatable bonds is 5. The Kier molecular flexibility index (Phi) is 4.87. The first-order valence-corrected chi connectivity index (χ1v) is 5.62. The number of carbonyl (C=O) groups excluding carboxylic acids is 1. The van der Waals surface area contributed by atoms with Gasteiger partial charge in [-0.25, -0.2) is 0 Å². The van der Waals surface area contributed by atoms with Gasteiger partial charge >= 0.3 is 6.61 Å². The van der Waals surface area contributed by atoms with Crippen LogP contribution >= 0.6 is 11.6 Å². The molecule has 94 valence electrons. The molecule has 0 heterocycles. The van der Waals surface area contributed by atoms with E-state index in [0.717, 1.165) is 0 Å². The minimum atomic E-state index is -2.93. The molecule has 1 aromatic rings. The van der Waals surface area contributed by atoms with Crippen molar-refractivity contribution >= 4 is 17.4 Å². The Morgan fingerprint density at radius 1 is 1.47 bits per heavy atom. The molecule has 2 nitrogen and oxygen atoms in total. The van der Waals surface area contributed by atoms with Gasteiger partial charge in [-0.1, -0.05) is 25.1 Å². The molecule has 1 atom stereocenters. The van der Waals surface area contributed by atoms with Crippen LogP contribution in [0, 0.1) is 0 Å². The van der Waals surface area contributed by atoms with Crippen LogP contribution in [0.3, 0.4) is 0 Å². The van der Waals surface area contributed by atoms with Crippen LogP contribution in [0.2, 0.25) is 0 Å². The van der Waals surface area contributed by atoms with E-state index in [1.54, 1.807) is 12.1 Å². The van der Waals surface area contributed by atoms with Gasteiger partial charge in [0.15, 0.2) is 5.78 Å². The number of hydrogen-bond acceptors (Lipinski definition) is 2. The second kappa shape index (κ2) is 5.96. The molecule has 0 N–H and O–H groups in total. The van der Waals surface area contributed by atoms with E-state index in [4.69, 9.17) is 11.6 Å². The van der Waals surface area contributed by atoms with Gasteiger partial charge in [-0.15, -0.1) is 11.6 Å². The summed E-state index contributed by atoms with van der Waals surface area (Å²) in [4.78, 5) is 11.2. The van der Waals surface area contributed by atoms with E-state index < -0.39 is 12.0 Å². The summed E-state index contributed by atoms with van der Waals surface area (Å²) in [7, 11) is 0. The van der Waals surface area contributed by atoms with Gasteiger partial charge in [0.1, 0.15) is 11.1 Å². The molecule has 1 aromatic carbocycles. The third-order valence-electron chi connectivity index (χ3n) is 2.34. The molecule has 0 radical (unpaired) electrons. The lowest BCUT2D eigenvalue weighted by atomic mass is 10.0.